The Labute approximate surface area is 114 Å². The van der Waals surface area contributed by atoms with Crippen molar-refractivity contribution < 1.29 is 9.90 Å². The molecule has 1 aromatic rings. The average Bonchev–Trinajstić information content (AvgIpc) is 2.33. The van der Waals surface area contributed by atoms with Gasteiger partial charge in [-0.15, -0.1) is 12.4 Å². The molecule has 3 nitrogen and oxygen atoms in total. The van der Waals surface area contributed by atoms with E-state index in [1.807, 2.05) is 12.1 Å². The smallest absolute Gasteiger partial charge is 0.335 e. The molecule has 100 valence electrons. The molecule has 1 aliphatic rings. The topological polar surface area (TPSA) is 63.3 Å². The highest BCUT2D eigenvalue weighted by Crippen LogP contribution is 2.26. The van der Waals surface area contributed by atoms with Crippen LogP contribution in [-0.2, 0) is 6.42 Å². The monoisotopic (exact) mass is 269 g/mol. The third kappa shape index (κ3) is 4.00. The minimum atomic E-state index is -0.861. The van der Waals surface area contributed by atoms with Crippen LogP contribution in [0.1, 0.15) is 41.6 Å². The van der Waals surface area contributed by atoms with Gasteiger partial charge in [0.15, 0.2) is 0 Å². The number of hydrogen-bond acceptors (Lipinski definition) is 2. The van der Waals surface area contributed by atoms with E-state index in [1.165, 1.54) is 18.4 Å². The highest BCUT2D eigenvalue weighted by molar-refractivity contribution is 5.87. The van der Waals surface area contributed by atoms with Gasteiger partial charge in [-0.05, 0) is 55.7 Å². The largest absolute Gasteiger partial charge is 0.478 e. The van der Waals surface area contributed by atoms with Crippen molar-refractivity contribution in [2.24, 2.45) is 11.7 Å². The first kappa shape index (κ1) is 15.0. The Morgan fingerprint density at radius 1 is 1.17 bits per heavy atom. The van der Waals surface area contributed by atoms with E-state index in [4.69, 9.17) is 10.8 Å². The van der Waals surface area contributed by atoms with Crippen LogP contribution in [0.4, 0.5) is 0 Å². The Hall–Kier alpha value is -1.06. The lowest BCUT2D eigenvalue weighted by molar-refractivity contribution is 0.0697. The fraction of sp³-hybridized carbons (Fsp3) is 0.500. The normalized spacial score (nSPS) is 23.2. The Balaban J connectivity index is 0.00000162. The predicted molar refractivity (Wildman–Crippen MR) is 74.3 cm³/mol. The summed E-state index contributed by atoms with van der Waals surface area (Å²) in [6, 6.07) is 7.62. The van der Waals surface area contributed by atoms with Crippen molar-refractivity contribution in [3.8, 4) is 0 Å². The highest BCUT2D eigenvalue weighted by atomic mass is 35.5. The maximum atomic E-state index is 10.7. The lowest BCUT2D eigenvalue weighted by Gasteiger charge is -2.26. The molecule has 4 heteroatoms. The maximum Gasteiger partial charge on any atom is 0.335 e. The summed E-state index contributed by atoms with van der Waals surface area (Å²) in [6.07, 6.45) is 5.69. The highest BCUT2D eigenvalue weighted by Gasteiger charge is 2.18. The van der Waals surface area contributed by atoms with Crippen molar-refractivity contribution in [1.82, 2.24) is 0 Å². The lowest BCUT2D eigenvalue weighted by atomic mass is 9.83. The molecule has 1 saturated carbocycles. The van der Waals surface area contributed by atoms with E-state index in [1.54, 1.807) is 12.1 Å². The molecule has 0 spiro atoms. The van der Waals surface area contributed by atoms with Crippen LogP contribution in [0.2, 0.25) is 0 Å². The third-order valence-electron chi connectivity index (χ3n) is 3.62. The first-order valence-corrected chi connectivity index (χ1v) is 6.23. The summed E-state index contributed by atoms with van der Waals surface area (Å²) in [5.41, 5.74) is 7.47. The van der Waals surface area contributed by atoms with Crippen LogP contribution >= 0.6 is 12.4 Å². The summed E-state index contributed by atoms with van der Waals surface area (Å²) in [5.74, 6) is -0.148. The summed E-state index contributed by atoms with van der Waals surface area (Å²) >= 11 is 0. The van der Waals surface area contributed by atoms with Crippen molar-refractivity contribution in [2.45, 2.75) is 38.1 Å². The number of halogens is 1. The minimum Gasteiger partial charge on any atom is -0.478 e. The molecule has 0 amide bonds. The van der Waals surface area contributed by atoms with Crippen molar-refractivity contribution in [1.29, 1.82) is 0 Å². The minimum absolute atomic E-state index is 0. The second-order valence-electron chi connectivity index (χ2n) is 4.99. The van der Waals surface area contributed by atoms with Gasteiger partial charge in [-0.2, -0.15) is 0 Å². The standard InChI is InChI=1S/C14H19NO2.ClH/c15-13-7-3-11(4-8-13)9-10-1-5-12(6-2-10)14(16)17;/h1-2,5-6,11,13H,3-4,7-9,15H2,(H,16,17);1H. The Morgan fingerprint density at radius 3 is 2.22 bits per heavy atom. The Kier molecular flexibility index (Phi) is 5.63. The van der Waals surface area contributed by atoms with Crippen molar-refractivity contribution in [3.63, 3.8) is 0 Å². The summed E-state index contributed by atoms with van der Waals surface area (Å²) in [4.78, 5) is 10.7. The van der Waals surface area contributed by atoms with Crippen LogP contribution in [0.25, 0.3) is 0 Å². The number of carbonyl (C=O) groups is 1. The predicted octanol–water partition coefficient (Wildman–Crippen LogP) is 2.87. The molecule has 0 aliphatic heterocycles. The molecule has 0 unspecified atom stereocenters. The van der Waals surface area contributed by atoms with Gasteiger partial charge in [0.25, 0.3) is 0 Å². The first-order valence-electron chi connectivity index (χ1n) is 6.23. The number of carboxylic acid groups (broad SMARTS) is 1. The SMILES string of the molecule is Cl.NC1CCC(Cc2ccc(C(=O)O)cc2)CC1. The fourth-order valence-electron chi connectivity index (χ4n) is 2.51. The van der Waals surface area contributed by atoms with Gasteiger partial charge in [-0.1, -0.05) is 12.1 Å². The van der Waals surface area contributed by atoms with Crippen molar-refractivity contribution in [2.75, 3.05) is 0 Å². The molecule has 18 heavy (non-hydrogen) atoms. The molecule has 1 aliphatic carbocycles. The molecule has 1 fully saturated rings. The molecule has 0 radical (unpaired) electrons. The van der Waals surface area contributed by atoms with Gasteiger partial charge in [-0.3, -0.25) is 0 Å². The molecule has 1 aromatic carbocycles. The summed E-state index contributed by atoms with van der Waals surface area (Å²) in [7, 11) is 0. The third-order valence-corrected chi connectivity index (χ3v) is 3.62. The second kappa shape index (κ2) is 6.76. The van der Waals surface area contributed by atoms with Crippen LogP contribution < -0.4 is 5.73 Å². The molecule has 3 N–H and O–H groups in total. The number of carboxylic acids is 1. The van der Waals surface area contributed by atoms with Crippen LogP contribution in [0.5, 0.6) is 0 Å². The maximum absolute atomic E-state index is 10.7. The van der Waals surface area contributed by atoms with Crippen molar-refractivity contribution in [3.05, 3.63) is 35.4 Å². The second-order valence-corrected chi connectivity index (χ2v) is 4.99. The molecule has 0 atom stereocenters. The van der Waals surface area contributed by atoms with Gasteiger partial charge in [0.05, 0.1) is 5.56 Å². The number of rotatable bonds is 3. The van der Waals surface area contributed by atoms with Gasteiger partial charge in [-0.25, -0.2) is 4.79 Å². The van der Waals surface area contributed by atoms with Gasteiger partial charge in [0, 0.05) is 6.04 Å². The molecular weight excluding hydrogens is 250 g/mol. The molecule has 2 rings (SSSR count). The van der Waals surface area contributed by atoms with Gasteiger partial charge < -0.3 is 10.8 Å². The molecule has 0 bridgehead atoms. The molecule has 0 aromatic heterocycles. The van der Waals surface area contributed by atoms with Crippen molar-refractivity contribution >= 4 is 18.4 Å². The average molecular weight is 270 g/mol. The van der Waals surface area contributed by atoms with Crippen LogP contribution in [0.15, 0.2) is 24.3 Å². The number of hydrogen-bond donors (Lipinski definition) is 2. The van der Waals surface area contributed by atoms with E-state index in [2.05, 4.69) is 0 Å². The zero-order valence-corrected chi connectivity index (χ0v) is 11.2. The fourth-order valence-corrected chi connectivity index (χ4v) is 2.51. The summed E-state index contributed by atoms with van der Waals surface area (Å²) in [6.45, 7) is 0. The van der Waals surface area contributed by atoms with E-state index in [0.29, 0.717) is 17.5 Å². The number of nitrogens with two attached hydrogens (primary N) is 1. The quantitative estimate of drug-likeness (QED) is 0.887. The zero-order valence-electron chi connectivity index (χ0n) is 10.3. The van der Waals surface area contributed by atoms with Crippen LogP contribution in [0.3, 0.4) is 0 Å². The number of aromatic carboxylic acids is 1. The van der Waals surface area contributed by atoms with Gasteiger partial charge in [0.1, 0.15) is 0 Å². The van der Waals surface area contributed by atoms with E-state index < -0.39 is 5.97 Å². The van der Waals surface area contributed by atoms with Gasteiger partial charge in [0.2, 0.25) is 0 Å². The van der Waals surface area contributed by atoms with Crippen LogP contribution in [-0.4, -0.2) is 17.1 Å². The Bertz CT molecular complexity index is 383. The molecule has 0 saturated heterocycles. The van der Waals surface area contributed by atoms with Gasteiger partial charge >= 0.3 is 5.97 Å². The van der Waals surface area contributed by atoms with E-state index in [-0.39, 0.29) is 12.4 Å². The van der Waals surface area contributed by atoms with E-state index in [0.717, 1.165) is 19.3 Å². The molecular formula is C14H20ClNO2. The lowest BCUT2D eigenvalue weighted by Crippen LogP contribution is -2.27. The van der Waals surface area contributed by atoms with Crippen LogP contribution in [0, 0.1) is 5.92 Å². The number of benzene rings is 1. The molecule has 0 heterocycles. The first-order chi connectivity index (χ1) is 8.15. The zero-order chi connectivity index (χ0) is 12.3. The summed E-state index contributed by atoms with van der Waals surface area (Å²) in [5, 5.41) is 8.81. The summed E-state index contributed by atoms with van der Waals surface area (Å²) < 4.78 is 0. The van der Waals surface area contributed by atoms with E-state index in [9.17, 15) is 4.79 Å². The van der Waals surface area contributed by atoms with E-state index >= 15 is 0 Å². The Morgan fingerprint density at radius 2 is 1.72 bits per heavy atom.